The molecule has 0 atom stereocenters. The van der Waals surface area contributed by atoms with Gasteiger partial charge in [0, 0.05) is 43.9 Å². The lowest BCUT2D eigenvalue weighted by Gasteiger charge is -2.27. The Kier molecular flexibility index (Phi) is 3.87. The summed E-state index contributed by atoms with van der Waals surface area (Å²) in [6.07, 6.45) is 4.16. The van der Waals surface area contributed by atoms with Crippen LogP contribution in [-0.4, -0.2) is 36.0 Å². The van der Waals surface area contributed by atoms with Crippen LogP contribution in [0.5, 0.6) is 0 Å². The second-order valence-electron chi connectivity index (χ2n) is 7.15. The van der Waals surface area contributed by atoms with Crippen molar-refractivity contribution in [2.45, 2.75) is 33.4 Å². The van der Waals surface area contributed by atoms with Crippen molar-refractivity contribution in [1.29, 1.82) is 0 Å². The molecular formula is C20H20N6O2. The Balaban J connectivity index is 1.49. The molecule has 5 heterocycles. The SMILES string of the molecule is Cc1nccc(CN2CCc3nc4cc(-c5ccoc5C)[nH]n4c(=O)c3C2)n1. The normalized spacial score (nSPS) is 14.5. The van der Waals surface area contributed by atoms with Crippen molar-refractivity contribution in [1.82, 2.24) is 29.5 Å². The molecule has 142 valence electrons. The smallest absolute Gasteiger partial charge is 0.277 e. The molecule has 4 aromatic rings. The Morgan fingerprint density at radius 3 is 2.93 bits per heavy atom. The third kappa shape index (κ3) is 2.82. The van der Waals surface area contributed by atoms with Gasteiger partial charge in [0.15, 0.2) is 5.65 Å². The monoisotopic (exact) mass is 376 g/mol. The fourth-order valence-electron chi connectivity index (χ4n) is 3.80. The van der Waals surface area contributed by atoms with Crippen molar-refractivity contribution >= 4 is 5.65 Å². The molecule has 0 saturated carbocycles. The molecule has 5 rings (SSSR count). The fourth-order valence-corrected chi connectivity index (χ4v) is 3.80. The Bertz CT molecular complexity index is 1240. The Morgan fingerprint density at radius 1 is 1.25 bits per heavy atom. The minimum absolute atomic E-state index is 0.0454. The van der Waals surface area contributed by atoms with Gasteiger partial charge in [-0.3, -0.25) is 14.8 Å². The van der Waals surface area contributed by atoms with Crippen LogP contribution in [0.15, 0.2) is 39.9 Å². The van der Waals surface area contributed by atoms with E-state index in [0.717, 1.165) is 52.8 Å². The molecule has 0 aliphatic carbocycles. The summed E-state index contributed by atoms with van der Waals surface area (Å²) < 4.78 is 6.91. The number of H-pyrrole nitrogens is 1. The van der Waals surface area contributed by atoms with E-state index in [1.54, 1.807) is 12.5 Å². The molecule has 0 spiro atoms. The fraction of sp³-hybridized carbons (Fsp3) is 0.300. The first-order chi connectivity index (χ1) is 13.6. The molecule has 0 fully saturated rings. The predicted octanol–water partition coefficient (Wildman–Crippen LogP) is 2.25. The van der Waals surface area contributed by atoms with Gasteiger partial charge in [-0.25, -0.2) is 19.5 Å². The lowest BCUT2D eigenvalue weighted by atomic mass is 10.1. The molecular weight excluding hydrogens is 356 g/mol. The van der Waals surface area contributed by atoms with Crippen LogP contribution in [0.4, 0.5) is 0 Å². The van der Waals surface area contributed by atoms with Crippen molar-refractivity contribution in [3.63, 3.8) is 0 Å². The highest BCUT2D eigenvalue weighted by atomic mass is 16.3. The summed E-state index contributed by atoms with van der Waals surface area (Å²) >= 11 is 0. The first-order valence-corrected chi connectivity index (χ1v) is 9.27. The summed E-state index contributed by atoms with van der Waals surface area (Å²) in [5.41, 5.74) is 4.94. The molecule has 4 aromatic heterocycles. The summed E-state index contributed by atoms with van der Waals surface area (Å²) in [5, 5.41) is 3.17. The number of furan rings is 1. The number of nitrogens with zero attached hydrogens (tertiary/aromatic N) is 5. The van der Waals surface area contributed by atoms with E-state index in [2.05, 4.69) is 20.0 Å². The van der Waals surface area contributed by atoms with E-state index >= 15 is 0 Å². The first-order valence-electron chi connectivity index (χ1n) is 9.27. The number of aryl methyl sites for hydroxylation is 2. The van der Waals surface area contributed by atoms with Crippen LogP contribution in [-0.2, 0) is 19.5 Å². The molecule has 28 heavy (non-hydrogen) atoms. The molecule has 8 nitrogen and oxygen atoms in total. The molecule has 1 aliphatic heterocycles. The summed E-state index contributed by atoms with van der Waals surface area (Å²) in [4.78, 5) is 28.7. The number of nitrogens with one attached hydrogen (secondary N) is 1. The summed E-state index contributed by atoms with van der Waals surface area (Å²) in [5.74, 6) is 1.56. The molecule has 1 aliphatic rings. The van der Waals surface area contributed by atoms with Crippen molar-refractivity contribution < 1.29 is 4.42 Å². The van der Waals surface area contributed by atoms with E-state index in [1.165, 1.54) is 4.52 Å². The quantitative estimate of drug-likeness (QED) is 0.590. The third-order valence-corrected chi connectivity index (χ3v) is 5.21. The highest BCUT2D eigenvalue weighted by Crippen LogP contribution is 2.24. The number of hydrogen-bond acceptors (Lipinski definition) is 6. The Labute approximate surface area is 160 Å². The zero-order valence-corrected chi connectivity index (χ0v) is 15.8. The molecule has 0 aromatic carbocycles. The van der Waals surface area contributed by atoms with Gasteiger partial charge in [-0.1, -0.05) is 0 Å². The van der Waals surface area contributed by atoms with E-state index < -0.39 is 0 Å². The largest absolute Gasteiger partial charge is 0.469 e. The second kappa shape index (κ2) is 6.42. The van der Waals surface area contributed by atoms with Crippen LogP contribution in [0.1, 0.15) is 28.5 Å². The summed E-state index contributed by atoms with van der Waals surface area (Å²) in [6.45, 7) is 5.87. The molecule has 0 saturated heterocycles. The van der Waals surface area contributed by atoms with E-state index in [-0.39, 0.29) is 5.56 Å². The lowest BCUT2D eigenvalue weighted by molar-refractivity contribution is 0.238. The van der Waals surface area contributed by atoms with Crippen molar-refractivity contribution in [2.75, 3.05) is 6.54 Å². The van der Waals surface area contributed by atoms with Crippen LogP contribution < -0.4 is 5.56 Å². The van der Waals surface area contributed by atoms with Crippen LogP contribution in [0.3, 0.4) is 0 Å². The molecule has 8 heteroatoms. The third-order valence-electron chi connectivity index (χ3n) is 5.21. The van der Waals surface area contributed by atoms with E-state index in [0.29, 0.717) is 18.7 Å². The average molecular weight is 376 g/mol. The van der Waals surface area contributed by atoms with Gasteiger partial charge < -0.3 is 4.42 Å². The number of aromatic amines is 1. The van der Waals surface area contributed by atoms with Gasteiger partial charge in [0.1, 0.15) is 11.6 Å². The predicted molar refractivity (Wildman–Crippen MR) is 103 cm³/mol. The van der Waals surface area contributed by atoms with Crippen LogP contribution >= 0.6 is 0 Å². The maximum absolute atomic E-state index is 13.1. The minimum atomic E-state index is -0.0454. The number of aromatic nitrogens is 5. The first kappa shape index (κ1) is 16.9. The molecule has 0 amide bonds. The van der Waals surface area contributed by atoms with Crippen molar-refractivity contribution in [3.8, 4) is 11.3 Å². The Morgan fingerprint density at radius 2 is 2.14 bits per heavy atom. The van der Waals surface area contributed by atoms with E-state index in [9.17, 15) is 4.79 Å². The van der Waals surface area contributed by atoms with Crippen LogP contribution in [0.25, 0.3) is 16.9 Å². The highest BCUT2D eigenvalue weighted by Gasteiger charge is 2.23. The van der Waals surface area contributed by atoms with E-state index in [1.807, 2.05) is 32.0 Å². The van der Waals surface area contributed by atoms with Gasteiger partial charge in [-0.15, -0.1) is 0 Å². The van der Waals surface area contributed by atoms with Crippen LogP contribution in [0.2, 0.25) is 0 Å². The second-order valence-corrected chi connectivity index (χ2v) is 7.15. The molecule has 1 N–H and O–H groups in total. The Hall–Kier alpha value is -3.26. The topological polar surface area (TPSA) is 92.3 Å². The molecule has 0 radical (unpaired) electrons. The zero-order valence-electron chi connectivity index (χ0n) is 15.8. The maximum atomic E-state index is 13.1. The number of rotatable bonds is 3. The average Bonchev–Trinajstić information content (AvgIpc) is 3.28. The maximum Gasteiger partial charge on any atom is 0.277 e. The van der Waals surface area contributed by atoms with Gasteiger partial charge in [-0.05, 0) is 26.0 Å². The highest BCUT2D eigenvalue weighted by molar-refractivity contribution is 5.65. The van der Waals surface area contributed by atoms with Crippen molar-refractivity contribution in [3.05, 3.63) is 69.5 Å². The standard InChI is InChI=1S/C20H20N6O2/c1-12-15(5-8-28-12)18-9-19-23-17-4-7-25(10-14-3-6-21-13(2)22-14)11-16(17)20(27)26(19)24-18/h3,5-6,8-9,24H,4,7,10-11H2,1-2H3. The van der Waals surface area contributed by atoms with Gasteiger partial charge in [-0.2, -0.15) is 0 Å². The molecule has 0 unspecified atom stereocenters. The number of fused-ring (bicyclic) bond motifs is 2. The van der Waals surface area contributed by atoms with Crippen molar-refractivity contribution in [2.24, 2.45) is 0 Å². The summed E-state index contributed by atoms with van der Waals surface area (Å²) in [7, 11) is 0. The van der Waals surface area contributed by atoms with Gasteiger partial charge in [0.2, 0.25) is 0 Å². The van der Waals surface area contributed by atoms with Crippen LogP contribution in [0, 0.1) is 13.8 Å². The number of hydrogen-bond donors (Lipinski definition) is 1. The summed E-state index contributed by atoms with van der Waals surface area (Å²) in [6, 6.07) is 5.70. The zero-order chi connectivity index (χ0) is 19.3. The molecule has 0 bridgehead atoms. The minimum Gasteiger partial charge on any atom is -0.469 e. The van der Waals surface area contributed by atoms with E-state index in [4.69, 9.17) is 9.40 Å². The van der Waals surface area contributed by atoms with Gasteiger partial charge >= 0.3 is 0 Å². The van der Waals surface area contributed by atoms with Gasteiger partial charge in [0.25, 0.3) is 5.56 Å². The van der Waals surface area contributed by atoms with Gasteiger partial charge in [0.05, 0.1) is 28.9 Å². The lowest BCUT2D eigenvalue weighted by Crippen LogP contribution is -2.36.